The van der Waals surface area contributed by atoms with Gasteiger partial charge < -0.3 is 9.80 Å². The number of nitrogens with zero attached hydrogens (tertiary/aromatic N) is 4. The van der Waals surface area contributed by atoms with Crippen LogP contribution in [0, 0.1) is 6.92 Å². The molecular weight excluding hydrogens is 416 g/mol. The van der Waals surface area contributed by atoms with E-state index in [1.54, 1.807) is 22.3 Å². The number of carbonyl (C=O) groups excluding carboxylic acids is 1. The number of carbonyl (C=O) groups is 1. The lowest BCUT2D eigenvalue weighted by molar-refractivity contribution is -0.122. The largest absolute Gasteiger partial charge is 0.370 e. The van der Waals surface area contributed by atoms with Crippen molar-refractivity contribution in [1.29, 1.82) is 0 Å². The zero-order chi connectivity index (χ0) is 22.2. The van der Waals surface area contributed by atoms with Gasteiger partial charge in [-0.15, -0.1) is 11.3 Å². The molecule has 164 valence electrons. The van der Waals surface area contributed by atoms with Gasteiger partial charge in [-0.3, -0.25) is 9.69 Å². The third kappa shape index (κ3) is 4.08. The second-order valence-corrected chi connectivity index (χ2v) is 9.98. The Morgan fingerprint density at radius 2 is 1.88 bits per heavy atom. The molecule has 5 rings (SSSR count). The normalized spacial score (nSPS) is 23.9. The summed E-state index contributed by atoms with van der Waals surface area (Å²) in [7, 11) is 4.31. The number of aromatic nitrogens is 1. The summed E-state index contributed by atoms with van der Waals surface area (Å²) >= 11 is 1.68. The summed E-state index contributed by atoms with van der Waals surface area (Å²) in [5.41, 5.74) is 4.95. The Balaban J connectivity index is 1.41. The topological polar surface area (TPSA) is 39.7 Å². The molecule has 1 fully saturated rings. The van der Waals surface area contributed by atoms with Crippen LogP contribution in [-0.4, -0.2) is 58.8 Å². The Morgan fingerprint density at radius 1 is 1.09 bits per heavy atom. The van der Waals surface area contributed by atoms with Crippen LogP contribution < -0.4 is 0 Å². The van der Waals surface area contributed by atoms with Crippen LogP contribution in [0.5, 0.6) is 0 Å². The molecule has 5 nitrogen and oxygen atoms in total. The van der Waals surface area contributed by atoms with Crippen molar-refractivity contribution in [1.82, 2.24) is 19.7 Å². The van der Waals surface area contributed by atoms with E-state index in [1.165, 1.54) is 0 Å². The van der Waals surface area contributed by atoms with Gasteiger partial charge >= 0.3 is 0 Å². The lowest BCUT2D eigenvalue weighted by atomic mass is 10.0. The van der Waals surface area contributed by atoms with Gasteiger partial charge in [-0.2, -0.15) is 0 Å². The van der Waals surface area contributed by atoms with Crippen LogP contribution in [0.1, 0.15) is 23.4 Å². The van der Waals surface area contributed by atoms with Gasteiger partial charge in [0.05, 0.1) is 20.9 Å². The van der Waals surface area contributed by atoms with Crippen molar-refractivity contribution in [3.05, 3.63) is 82.8 Å². The predicted octanol–water partition coefficient (Wildman–Crippen LogP) is 4.71. The first-order chi connectivity index (χ1) is 15.5. The van der Waals surface area contributed by atoms with Crippen LogP contribution in [0.2, 0.25) is 0 Å². The number of hydrogen-bond donors (Lipinski definition) is 0. The molecule has 0 spiro atoms. The number of thiazole rings is 1. The van der Waals surface area contributed by atoms with E-state index in [1.807, 2.05) is 49.6 Å². The lowest BCUT2D eigenvalue weighted by Crippen LogP contribution is -2.42. The zero-order valence-corrected chi connectivity index (χ0v) is 19.6. The minimum absolute atomic E-state index is 0.0267. The van der Waals surface area contributed by atoms with E-state index in [2.05, 4.69) is 41.0 Å². The third-order valence-corrected chi connectivity index (χ3v) is 7.35. The molecule has 4 heterocycles. The van der Waals surface area contributed by atoms with Gasteiger partial charge in [0, 0.05) is 37.1 Å². The second-order valence-electron chi connectivity index (χ2n) is 8.74. The van der Waals surface area contributed by atoms with Crippen molar-refractivity contribution < 1.29 is 4.79 Å². The number of piperidine rings is 1. The first-order valence-corrected chi connectivity index (χ1v) is 11.9. The Kier molecular flexibility index (Phi) is 5.57. The summed E-state index contributed by atoms with van der Waals surface area (Å²) in [6.07, 6.45) is 16.2. The molecule has 0 atom stereocenters. The van der Waals surface area contributed by atoms with E-state index in [-0.39, 0.29) is 5.91 Å². The van der Waals surface area contributed by atoms with Crippen molar-refractivity contribution in [2.45, 2.75) is 25.8 Å². The van der Waals surface area contributed by atoms with Gasteiger partial charge in [0.25, 0.3) is 5.91 Å². The molecule has 1 aromatic carbocycles. The number of fused-ring (bicyclic) bond motifs is 2. The first-order valence-electron chi connectivity index (χ1n) is 11.1. The maximum atomic E-state index is 13.3. The highest BCUT2D eigenvalue weighted by molar-refractivity contribution is 7.18. The SMILES string of the molecule is Cc1nc2ccc(C3=C\C(=O)N4C=C(N5CCC(N(C)C)CC5)C=C\C4=C/C=C/3)cc2s1. The average Bonchev–Trinajstić information content (AvgIpc) is 3.16. The molecule has 32 heavy (non-hydrogen) atoms. The third-order valence-electron chi connectivity index (χ3n) is 6.41. The first kappa shape index (κ1) is 20.9. The Morgan fingerprint density at radius 3 is 2.66 bits per heavy atom. The van der Waals surface area contributed by atoms with Crippen LogP contribution in [-0.2, 0) is 4.79 Å². The van der Waals surface area contributed by atoms with Gasteiger partial charge in [-0.05, 0) is 75.4 Å². The van der Waals surface area contributed by atoms with Crippen molar-refractivity contribution in [2.75, 3.05) is 27.2 Å². The molecule has 1 amide bonds. The van der Waals surface area contributed by atoms with Crippen molar-refractivity contribution in [3.8, 4) is 0 Å². The molecule has 0 unspecified atom stereocenters. The lowest BCUT2D eigenvalue weighted by Gasteiger charge is -2.38. The van der Waals surface area contributed by atoms with Crippen LogP contribution in [0.25, 0.3) is 15.8 Å². The molecule has 0 bridgehead atoms. The van der Waals surface area contributed by atoms with E-state index in [0.717, 1.165) is 63.7 Å². The van der Waals surface area contributed by atoms with E-state index in [0.29, 0.717) is 6.04 Å². The highest BCUT2D eigenvalue weighted by Gasteiger charge is 2.25. The van der Waals surface area contributed by atoms with Crippen LogP contribution in [0.3, 0.4) is 0 Å². The zero-order valence-electron chi connectivity index (χ0n) is 18.8. The summed E-state index contributed by atoms with van der Waals surface area (Å²) in [5.74, 6) is -0.0267. The Hall–Kier alpha value is -2.96. The number of allylic oxidation sites excluding steroid dienone is 6. The number of aryl methyl sites for hydroxylation is 1. The maximum absolute atomic E-state index is 13.3. The minimum Gasteiger partial charge on any atom is -0.370 e. The summed E-state index contributed by atoms with van der Waals surface area (Å²) in [6, 6.07) is 6.84. The molecular formula is C26H28N4OS. The predicted molar refractivity (Wildman–Crippen MR) is 132 cm³/mol. The fourth-order valence-corrected chi connectivity index (χ4v) is 5.42. The summed E-state index contributed by atoms with van der Waals surface area (Å²) in [4.78, 5) is 24.3. The fraction of sp³-hybridized carbons (Fsp3) is 0.308. The molecule has 0 N–H and O–H groups in total. The van der Waals surface area contributed by atoms with E-state index >= 15 is 0 Å². The van der Waals surface area contributed by atoms with Gasteiger partial charge in [-0.1, -0.05) is 18.2 Å². The van der Waals surface area contributed by atoms with E-state index < -0.39 is 0 Å². The van der Waals surface area contributed by atoms with Crippen molar-refractivity contribution in [2.24, 2.45) is 0 Å². The standard InChI is InChI=1S/C26H28N4OS/c1-18-27-24-10-7-20(15-25(24)32-18)19-5-4-6-22-8-9-23(17-30(22)26(31)16-19)29-13-11-21(12-14-29)28(2)3/h4-10,15-17,21H,11-14H2,1-3H3/b5-4+,19-16+,22-6+. The number of likely N-dealkylation sites (tertiary alicyclic amines) is 1. The molecule has 0 saturated carbocycles. The fourth-order valence-electron chi connectivity index (χ4n) is 4.56. The summed E-state index contributed by atoms with van der Waals surface area (Å²) < 4.78 is 1.14. The quantitative estimate of drug-likeness (QED) is 0.688. The molecule has 3 aliphatic heterocycles. The number of benzene rings is 1. The van der Waals surface area contributed by atoms with Crippen molar-refractivity contribution >= 4 is 33.0 Å². The maximum Gasteiger partial charge on any atom is 0.255 e. The number of hydrogen-bond acceptors (Lipinski definition) is 5. The smallest absolute Gasteiger partial charge is 0.255 e. The Bertz CT molecular complexity index is 1210. The molecule has 0 aliphatic carbocycles. The van der Waals surface area contributed by atoms with Gasteiger partial charge in [0.1, 0.15) is 0 Å². The summed E-state index contributed by atoms with van der Waals surface area (Å²) in [5, 5.41) is 1.05. The summed E-state index contributed by atoms with van der Waals surface area (Å²) in [6.45, 7) is 4.04. The second kappa shape index (κ2) is 8.52. The molecule has 1 saturated heterocycles. The van der Waals surface area contributed by atoms with Crippen LogP contribution in [0.4, 0.5) is 0 Å². The monoisotopic (exact) mass is 444 g/mol. The van der Waals surface area contributed by atoms with Crippen LogP contribution >= 0.6 is 11.3 Å². The minimum atomic E-state index is -0.0267. The van der Waals surface area contributed by atoms with E-state index in [9.17, 15) is 4.79 Å². The van der Waals surface area contributed by atoms with Gasteiger partial charge in [0.15, 0.2) is 0 Å². The highest BCUT2D eigenvalue weighted by Crippen LogP contribution is 2.29. The molecule has 0 radical (unpaired) electrons. The highest BCUT2D eigenvalue weighted by atomic mass is 32.1. The molecule has 6 heteroatoms. The molecule has 2 aromatic rings. The van der Waals surface area contributed by atoms with Gasteiger partial charge in [0.2, 0.25) is 0 Å². The van der Waals surface area contributed by atoms with Crippen LogP contribution in [0.15, 0.2) is 72.2 Å². The Labute approximate surface area is 193 Å². The molecule has 1 aromatic heterocycles. The van der Waals surface area contributed by atoms with Crippen molar-refractivity contribution in [3.63, 3.8) is 0 Å². The van der Waals surface area contributed by atoms with E-state index in [4.69, 9.17) is 0 Å². The number of rotatable bonds is 3. The molecule has 3 aliphatic rings. The van der Waals surface area contributed by atoms with Gasteiger partial charge in [-0.25, -0.2) is 4.98 Å². The number of amides is 1. The average molecular weight is 445 g/mol.